The second kappa shape index (κ2) is 12.4. The van der Waals surface area contributed by atoms with E-state index in [2.05, 4.69) is 27.1 Å². The monoisotopic (exact) mass is 549 g/mol. The molecular formula is C28H47N5O6. The zero-order chi connectivity index (χ0) is 27.5. The standard InChI is InChI=1S/C28H47N5O6/c1-6-7-8-9-10-12-15-29-24-30-25(33-16-13-11-14-17-33)32-26(31-24)34-18-19-20-21(37-27(2,3)36-20)22-23(35-19)39-28(4,5)38-22/h19-23H,6-18H2,1-5H3,(H,29,30,31,32)/t19-,20+,21+,22-,23-/m1/s1. The maximum Gasteiger partial charge on any atom is 0.323 e. The van der Waals surface area contributed by atoms with Crippen LogP contribution in [0.3, 0.4) is 0 Å². The van der Waals surface area contributed by atoms with E-state index in [-0.39, 0.29) is 30.9 Å². The normalized spacial score (nSPS) is 31.1. The predicted octanol–water partition coefficient (Wildman–Crippen LogP) is 4.41. The summed E-state index contributed by atoms with van der Waals surface area (Å²) >= 11 is 0. The van der Waals surface area contributed by atoms with Gasteiger partial charge in [-0.25, -0.2) is 0 Å². The zero-order valence-electron chi connectivity index (χ0n) is 24.3. The summed E-state index contributed by atoms with van der Waals surface area (Å²) in [5.41, 5.74) is 0. The second-order valence-corrected chi connectivity index (χ2v) is 12.0. The van der Waals surface area contributed by atoms with Crippen LogP contribution in [0, 0.1) is 0 Å². The van der Waals surface area contributed by atoms with Gasteiger partial charge in [-0.15, -0.1) is 0 Å². The molecule has 11 nitrogen and oxygen atoms in total. The summed E-state index contributed by atoms with van der Waals surface area (Å²) in [4.78, 5) is 16.2. The third-order valence-electron chi connectivity index (χ3n) is 7.68. The van der Waals surface area contributed by atoms with Crippen molar-refractivity contribution in [3.63, 3.8) is 0 Å². The zero-order valence-corrected chi connectivity index (χ0v) is 24.3. The van der Waals surface area contributed by atoms with Crippen molar-refractivity contribution in [2.45, 2.75) is 135 Å². The fraction of sp³-hybridized carbons (Fsp3) is 0.893. The summed E-state index contributed by atoms with van der Waals surface area (Å²) in [6.07, 6.45) is 8.84. The molecule has 5 atom stereocenters. The first-order chi connectivity index (χ1) is 18.7. The first-order valence-corrected chi connectivity index (χ1v) is 15.0. The molecule has 39 heavy (non-hydrogen) atoms. The minimum Gasteiger partial charge on any atom is -0.460 e. The van der Waals surface area contributed by atoms with Crippen LogP contribution in [0.25, 0.3) is 0 Å². The lowest BCUT2D eigenvalue weighted by Crippen LogP contribution is -2.56. The molecule has 11 heteroatoms. The summed E-state index contributed by atoms with van der Waals surface area (Å²) in [5, 5.41) is 3.40. The number of anilines is 2. The number of rotatable bonds is 12. The maximum atomic E-state index is 6.30. The third-order valence-corrected chi connectivity index (χ3v) is 7.68. The topological polar surface area (TPSA) is 109 Å². The van der Waals surface area contributed by atoms with Gasteiger partial charge in [0.25, 0.3) is 0 Å². The fourth-order valence-electron chi connectivity index (χ4n) is 5.81. The van der Waals surface area contributed by atoms with Crippen molar-refractivity contribution in [2.24, 2.45) is 0 Å². The molecule has 0 radical (unpaired) electrons. The number of unbranched alkanes of at least 4 members (excludes halogenated alkanes) is 5. The van der Waals surface area contributed by atoms with Gasteiger partial charge in [-0.2, -0.15) is 15.0 Å². The molecule has 220 valence electrons. The van der Waals surface area contributed by atoms with Gasteiger partial charge in [-0.1, -0.05) is 39.0 Å². The third kappa shape index (κ3) is 7.30. The molecule has 1 N–H and O–H groups in total. The largest absolute Gasteiger partial charge is 0.460 e. The molecule has 4 aliphatic heterocycles. The van der Waals surface area contributed by atoms with Crippen molar-refractivity contribution in [3.05, 3.63) is 0 Å². The van der Waals surface area contributed by atoms with Gasteiger partial charge in [-0.3, -0.25) is 0 Å². The van der Waals surface area contributed by atoms with E-state index in [4.69, 9.17) is 33.4 Å². The number of hydrogen-bond donors (Lipinski definition) is 1. The lowest BCUT2D eigenvalue weighted by Gasteiger charge is -2.36. The molecule has 0 amide bonds. The highest BCUT2D eigenvalue weighted by atomic mass is 16.9. The molecule has 0 bridgehead atoms. The van der Waals surface area contributed by atoms with E-state index in [0.717, 1.165) is 38.9 Å². The molecule has 4 fully saturated rings. The molecule has 0 aliphatic carbocycles. The Balaban J connectivity index is 1.25. The molecule has 0 unspecified atom stereocenters. The van der Waals surface area contributed by atoms with Crippen LogP contribution in [-0.4, -0.2) is 83.5 Å². The van der Waals surface area contributed by atoms with Crippen LogP contribution in [-0.2, 0) is 23.7 Å². The van der Waals surface area contributed by atoms with E-state index >= 15 is 0 Å². The van der Waals surface area contributed by atoms with Crippen LogP contribution in [0.2, 0.25) is 0 Å². The van der Waals surface area contributed by atoms with Gasteiger partial charge in [0.15, 0.2) is 17.9 Å². The van der Waals surface area contributed by atoms with Crippen LogP contribution in [0.4, 0.5) is 11.9 Å². The highest BCUT2D eigenvalue weighted by molar-refractivity contribution is 5.38. The van der Waals surface area contributed by atoms with Crippen molar-refractivity contribution in [1.82, 2.24) is 15.0 Å². The molecule has 4 aliphatic rings. The number of piperidine rings is 1. The summed E-state index contributed by atoms with van der Waals surface area (Å²) in [6.45, 7) is 12.7. The number of nitrogens with zero attached hydrogens (tertiary/aromatic N) is 4. The number of aromatic nitrogens is 3. The van der Waals surface area contributed by atoms with Crippen molar-refractivity contribution >= 4 is 11.9 Å². The Kier molecular flexibility index (Phi) is 9.12. The number of hydrogen-bond acceptors (Lipinski definition) is 11. The minimum atomic E-state index is -0.764. The van der Waals surface area contributed by atoms with Crippen LogP contribution in [0.15, 0.2) is 0 Å². The van der Waals surface area contributed by atoms with Gasteiger partial charge in [0.05, 0.1) is 0 Å². The highest BCUT2D eigenvalue weighted by Gasteiger charge is 2.60. The van der Waals surface area contributed by atoms with Crippen molar-refractivity contribution in [2.75, 3.05) is 36.5 Å². The van der Waals surface area contributed by atoms with Crippen LogP contribution in [0.1, 0.15) is 92.4 Å². The SMILES string of the molecule is CCCCCCCCNc1nc(OC[C@H]2O[C@@H]3OC(C)(C)O[C@@H]3[C@H]3OC(C)(C)O[C@H]32)nc(N2CCCCC2)n1. The van der Waals surface area contributed by atoms with Crippen molar-refractivity contribution in [3.8, 4) is 6.01 Å². The highest BCUT2D eigenvalue weighted by Crippen LogP contribution is 2.44. The van der Waals surface area contributed by atoms with Crippen molar-refractivity contribution < 1.29 is 28.4 Å². The van der Waals surface area contributed by atoms with E-state index in [1.165, 1.54) is 38.5 Å². The molecule has 5 rings (SSSR count). The summed E-state index contributed by atoms with van der Waals surface area (Å²) < 4.78 is 37.1. The molecule has 4 saturated heterocycles. The number of nitrogens with one attached hydrogen (secondary N) is 1. The first-order valence-electron chi connectivity index (χ1n) is 15.0. The Morgan fingerprint density at radius 3 is 2.31 bits per heavy atom. The molecule has 5 heterocycles. The molecule has 0 spiro atoms. The van der Waals surface area contributed by atoms with Crippen LogP contribution >= 0.6 is 0 Å². The van der Waals surface area contributed by atoms with E-state index in [9.17, 15) is 0 Å². The minimum absolute atomic E-state index is 0.188. The average Bonchev–Trinajstić information content (AvgIpc) is 3.41. The molecule has 0 aromatic carbocycles. The van der Waals surface area contributed by atoms with Crippen LogP contribution < -0.4 is 15.0 Å². The predicted molar refractivity (Wildman–Crippen MR) is 146 cm³/mol. The Bertz CT molecular complexity index is 943. The summed E-state index contributed by atoms with van der Waals surface area (Å²) in [6, 6.07) is 0.278. The van der Waals surface area contributed by atoms with Gasteiger partial charge in [-0.05, 0) is 53.4 Å². The smallest absolute Gasteiger partial charge is 0.323 e. The Labute approximate surface area is 232 Å². The van der Waals surface area contributed by atoms with E-state index < -0.39 is 24.0 Å². The lowest BCUT2D eigenvalue weighted by molar-refractivity contribution is -0.238. The van der Waals surface area contributed by atoms with E-state index in [0.29, 0.717) is 11.9 Å². The van der Waals surface area contributed by atoms with Crippen molar-refractivity contribution in [1.29, 1.82) is 0 Å². The molecular weight excluding hydrogens is 502 g/mol. The second-order valence-electron chi connectivity index (χ2n) is 12.0. The van der Waals surface area contributed by atoms with Gasteiger partial charge < -0.3 is 38.6 Å². The number of ether oxygens (including phenoxy) is 6. The average molecular weight is 550 g/mol. The fourth-order valence-corrected chi connectivity index (χ4v) is 5.81. The van der Waals surface area contributed by atoms with Gasteiger partial charge in [0, 0.05) is 19.6 Å². The van der Waals surface area contributed by atoms with Crippen LogP contribution in [0.5, 0.6) is 6.01 Å². The summed E-state index contributed by atoms with van der Waals surface area (Å²) in [5.74, 6) is -0.319. The quantitative estimate of drug-likeness (QED) is 0.374. The Hall–Kier alpha value is -1.79. The Morgan fingerprint density at radius 1 is 0.821 bits per heavy atom. The maximum absolute atomic E-state index is 6.30. The summed E-state index contributed by atoms with van der Waals surface area (Å²) in [7, 11) is 0. The van der Waals surface area contributed by atoms with E-state index in [1.807, 2.05) is 27.7 Å². The van der Waals surface area contributed by atoms with Gasteiger partial charge in [0.1, 0.15) is 31.0 Å². The molecule has 1 aromatic rings. The molecule has 0 saturated carbocycles. The van der Waals surface area contributed by atoms with Gasteiger partial charge >= 0.3 is 6.01 Å². The number of fused-ring (bicyclic) bond motifs is 3. The van der Waals surface area contributed by atoms with Gasteiger partial charge in [0.2, 0.25) is 11.9 Å². The molecule has 1 aromatic heterocycles. The lowest BCUT2D eigenvalue weighted by atomic mass is 9.99. The first kappa shape index (κ1) is 28.7. The Morgan fingerprint density at radius 2 is 1.51 bits per heavy atom. The van der Waals surface area contributed by atoms with E-state index in [1.54, 1.807) is 0 Å².